The highest BCUT2D eigenvalue weighted by Gasteiger charge is 2.24. The summed E-state index contributed by atoms with van der Waals surface area (Å²) in [5.74, 6) is -0.0982. The third-order valence-corrected chi connectivity index (χ3v) is 8.05. The standard InChI is InChI=1S/C18H15N5O3S3/c1-11(24)20-18-22-14-6-5-12(10-15(14)28-18)13-7-8-19-17(21-13)23(2)29(25,26)16-4-3-9-27-16/h3-10H,1-2H3,(H,20,22,24). The molecule has 0 unspecified atom stereocenters. The Balaban J connectivity index is 1.69. The Morgan fingerprint density at radius 1 is 1.17 bits per heavy atom. The van der Waals surface area contributed by atoms with Gasteiger partial charge in [-0.1, -0.05) is 23.5 Å². The van der Waals surface area contributed by atoms with Gasteiger partial charge in [0.25, 0.3) is 10.0 Å². The fraction of sp³-hybridized carbons (Fsp3) is 0.111. The highest BCUT2D eigenvalue weighted by molar-refractivity contribution is 7.94. The maximum atomic E-state index is 12.7. The van der Waals surface area contributed by atoms with E-state index >= 15 is 0 Å². The van der Waals surface area contributed by atoms with E-state index in [-0.39, 0.29) is 16.1 Å². The molecule has 1 amide bonds. The van der Waals surface area contributed by atoms with Gasteiger partial charge < -0.3 is 5.32 Å². The van der Waals surface area contributed by atoms with Crippen molar-refractivity contribution in [3.05, 3.63) is 48.0 Å². The number of fused-ring (bicyclic) bond motifs is 1. The summed E-state index contributed by atoms with van der Waals surface area (Å²) >= 11 is 2.50. The van der Waals surface area contributed by atoms with Crippen molar-refractivity contribution in [2.45, 2.75) is 11.1 Å². The third-order valence-electron chi connectivity index (χ3n) is 4.00. The fourth-order valence-corrected chi connectivity index (χ4v) is 5.81. The van der Waals surface area contributed by atoms with E-state index in [4.69, 9.17) is 0 Å². The van der Waals surface area contributed by atoms with Crippen molar-refractivity contribution < 1.29 is 13.2 Å². The molecule has 148 valence electrons. The number of sulfonamides is 1. The van der Waals surface area contributed by atoms with Gasteiger partial charge in [0.15, 0.2) is 5.13 Å². The summed E-state index contributed by atoms with van der Waals surface area (Å²) in [6, 6.07) is 10.5. The highest BCUT2D eigenvalue weighted by Crippen LogP contribution is 2.31. The zero-order valence-electron chi connectivity index (χ0n) is 15.4. The second-order valence-corrected chi connectivity index (χ2v) is 10.2. The summed E-state index contributed by atoms with van der Waals surface area (Å²) < 4.78 is 27.6. The van der Waals surface area contributed by atoms with Crippen molar-refractivity contribution in [1.29, 1.82) is 0 Å². The topological polar surface area (TPSA) is 105 Å². The van der Waals surface area contributed by atoms with E-state index in [0.29, 0.717) is 10.8 Å². The van der Waals surface area contributed by atoms with E-state index in [1.807, 2.05) is 18.2 Å². The zero-order chi connectivity index (χ0) is 20.6. The van der Waals surface area contributed by atoms with Gasteiger partial charge >= 0.3 is 0 Å². The van der Waals surface area contributed by atoms with Gasteiger partial charge in [-0.05, 0) is 29.6 Å². The van der Waals surface area contributed by atoms with E-state index in [9.17, 15) is 13.2 Å². The van der Waals surface area contributed by atoms with E-state index in [1.165, 1.54) is 31.5 Å². The Morgan fingerprint density at radius 2 is 2.00 bits per heavy atom. The Bertz CT molecular complexity index is 1300. The average molecular weight is 446 g/mol. The number of nitrogens with one attached hydrogen (secondary N) is 1. The number of thiazole rings is 1. The van der Waals surface area contributed by atoms with Crippen LogP contribution in [0.1, 0.15) is 6.92 Å². The fourth-order valence-electron chi connectivity index (χ4n) is 2.60. The number of benzene rings is 1. The Labute approximate surface area is 174 Å². The number of anilines is 2. The van der Waals surface area contributed by atoms with Crippen molar-refractivity contribution >= 4 is 59.9 Å². The molecule has 0 spiro atoms. The SMILES string of the molecule is CC(=O)Nc1nc2ccc(-c3ccnc(N(C)S(=O)(=O)c4cccs4)n3)cc2s1. The monoisotopic (exact) mass is 445 g/mol. The number of aromatic nitrogens is 3. The number of carbonyl (C=O) groups excluding carboxylic acids is 1. The van der Waals surface area contributed by atoms with Gasteiger partial charge in [0.1, 0.15) is 4.21 Å². The molecule has 11 heteroatoms. The van der Waals surface area contributed by atoms with Crippen LogP contribution in [0.3, 0.4) is 0 Å². The van der Waals surface area contributed by atoms with Crippen LogP contribution in [0.5, 0.6) is 0 Å². The maximum absolute atomic E-state index is 12.7. The number of hydrogen-bond acceptors (Lipinski definition) is 8. The van der Waals surface area contributed by atoms with Crippen molar-refractivity contribution in [3.8, 4) is 11.3 Å². The number of hydrogen-bond donors (Lipinski definition) is 1. The van der Waals surface area contributed by atoms with Gasteiger partial charge in [-0.15, -0.1) is 11.3 Å². The summed E-state index contributed by atoms with van der Waals surface area (Å²) in [5, 5.41) is 4.91. The van der Waals surface area contributed by atoms with Gasteiger partial charge in [0.2, 0.25) is 11.9 Å². The lowest BCUT2D eigenvalue weighted by Crippen LogP contribution is -2.27. The predicted octanol–water partition coefficient (Wildman–Crippen LogP) is 3.60. The minimum absolute atomic E-state index is 0.0826. The van der Waals surface area contributed by atoms with Crippen molar-refractivity contribution in [3.63, 3.8) is 0 Å². The number of amides is 1. The van der Waals surface area contributed by atoms with Gasteiger partial charge in [-0.2, -0.15) is 0 Å². The van der Waals surface area contributed by atoms with E-state index in [0.717, 1.165) is 31.4 Å². The molecule has 29 heavy (non-hydrogen) atoms. The van der Waals surface area contributed by atoms with Crippen LogP contribution >= 0.6 is 22.7 Å². The average Bonchev–Trinajstić information content (AvgIpc) is 3.36. The summed E-state index contributed by atoms with van der Waals surface area (Å²) in [7, 11) is -2.28. The molecule has 3 heterocycles. The van der Waals surface area contributed by atoms with Crippen LogP contribution in [0, 0.1) is 0 Å². The van der Waals surface area contributed by atoms with E-state index < -0.39 is 10.0 Å². The largest absolute Gasteiger partial charge is 0.302 e. The van der Waals surface area contributed by atoms with Crippen LogP contribution in [-0.2, 0) is 14.8 Å². The summed E-state index contributed by atoms with van der Waals surface area (Å²) in [6.07, 6.45) is 1.53. The molecule has 0 atom stereocenters. The maximum Gasteiger partial charge on any atom is 0.275 e. The molecular formula is C18H15N5O3S3. The lowest BCUT2D eigenvalue weighted by molar-refractivity contribution is -0.114. The lowest BCUT2D eigenvalue weighted by Gasteiger charge is -2.16. The quantitative estimate of drug-likeness (QED) is 0.503. The Hall–Kier alpha value is -2.89. The molecule has 4 aromatic rings. The number of nitrogens with zero attached hydrogens (tertiary/aromatic N) is 4. The first kappa shape index (κ1) is 19.4. The molecule has 0 saturated heterocycles. The zero-order valence-corrected chi connectivity index (χ0v) is 17.8. The van der Waals surface area contributed by atoms with Crippen LogP contribution < -0.4 is 9.62 Å². The van der Waals surface area contributed by atoms with E-state index in [2.05, 4.69) is 20.3 Å². The Morgan fingerprint density at radius 3 is 2.72 bits per heavy atom. The van der Waals surface area contributed by atoms with Gasteiger partial charge in [0, 0.05) is 25.7 Å². The van der Waals surface area contributed by atoms with Crippen LogP contribution in [0.2, 0.25) is 0 Å². The minimum Gasteiger partial charge on any atom is -0.302 e. The number of thiophene rings is 1. The molecule has 8 nitrogen and oxygen atoms in total. The van der Waals surface area contributed by atoms with Crippen LogP contribution in [0.4, 0.5) is 11.1 Å². The molecule has 0 saturated carbocycles. The third kappa shape index (κ3) is 3.84. The second-order valence-electron chi connectivity index (χ2n) is 6.03. The molecule has 0 aliphatic carbocycles. The molecule has 1 aromatic carbocycles. The number of rotatable bonds is 5. The van der Waals surface area contributed by atoms with E-state index in [1.54, 1.807) is 23.6 Å². The first-order valence-corrected chi connectivity index (χ1v) is 11.5. The molecule has 0 bridgehead atoms. The van der Waals surface area contributed by atoms with Gasteiger partial charge in [0.05, 0.1) is 15.9 Å². The molecular weight excluding hydrogens is 430 g/mol. The predicted molar refractivity (Wildman–Crippen MR) is 115 cm³/mol. The molecule has 1 N–H and O–H groups in total. The van der Waals surface area contributed by atoms with Crippen molar-refractivity contribution in [1.82, 2.24) is 15.0 Å². The summed E-state index contributed by atoms with van der Waals surface area (Å²) in [5.41, 5.74) is 2.13. The molecule has 3 aromatic heterocycles. The first-order valence-electron chi connectivity index (χ1n) is 8.38. The van der Waals surface area contributed by atoms with Crippen LogP contribution in [-0.4, -0.2) is 36.3 Å². The summed E-state index contributed by atoms with van der Waals surface area (Å²) in [4.78, 5) is 24.2. The molecule has 0 radical (unpaired) electrons. The normalized spacial score (nSPS) is 11.5. The number of carbonyl (C=O) groups is 1. The molecule has 0 aliphatic heterocycles. The first-order chi connectivity index (χ1) is 13.8. The van der Waals surface area contributed by atoms with Gasteiger partial charge in [-0.3, -0.25) is 4.79 Å². The lowest BCUT2D eigenvalue weighted by atomic mass is 10.1. The van der Waals surface area contributed by atoms with Crippen LogP contribution in [0.25, 0.3) is 21.5 Å². The molecule has 0 aliphatic rings. The second kappa shape index (κ2) is 7.50. The van der Waals surface area contributed by atoms with Crippen molar-refractivity contribution in [2.75, 3.05) is 16.7 Å². The molecule has 0 fully saturated rings. The Kier molecular flexibility index (Phi) is 5.03. The summed E-state index contributed by atoms with van der Waals surface area (Å²) in [6.45, 7) is 1.43. The van der Waals surface area contributed by atoms with Gasteiger partial charge in [-0.25, -0.2) is 27.7 Å². The van der Waals surface area contributed by atoms with Crippen molar-refractivity contribution in [2.24, 2.45) is 0 Å². The smallest absolute Gasteiger partial charge is 0.275 e. The highest BCUT2D eigenvalue weighted by atomic mass is 32.2. The molecule has 4 rings (SSSR count). The minimum atomic E-state index is -3.71. The van der Waals surface area contributed by atoms with Crippen LogP contribution in [0.15, 0.2) is 52.2 Å².